The molecule has 0 radical (unpaired) electrons. The maximum Gasteiger partial charge on any atom is 0.387 e. The number of benzene rings is 2. The van der Waals surface area contributed by atoms with Crippen LogP contribution in [0.5, 0.6) is 5.75 Å². The van der Waals surface area contributed by atoms with Crippen molar-refractivity contribution in [1.29, 1.82) is 0 Å². The normalized spacial score (nSPS) is 10.9. The zero-order chi connectivity index (χ0) is 20.8. The number of halogens is 3. The van der Waals surface area contributed by atoms with E-state index in [0.29, 0.717) is 17.3 Å². The fourth-order valence-electron chi connectivity index (χ4n) is 2.46. The molecule has 0 aliphatic rings. The molecule has 10 heteroatoms. The summed E-state index contributed by atoms with van der Waals surface area (Å²) in [5.74, 6) is -0.139. The Balaban J connectivity index is 1.52. The van der Waals surface area contributed by atoms with Gasteiger partial charge in [-0.3, -0.25) is 9.89 Å². The van der Waals surface area contributed by atoms with Crippen LogP contribution in [0.4, 0.5) is 13.2 Å². The summed E-state index contributed by atoms with van der Waals surface area (Å²) >= 11 is 1.13. The predicted octanol–water partition coefficient (Wildman–Crippen LogP) is 3.96. The molecule has 152 valence electrons. The number of aromatic nitrogens is 3. The molecule has 1 amide bonds. The summed E-state index contributed by atoms with van der Waals surface area (Å²) in [7, 11) is 1.63. The van der Waals surface area contributed by atoms with Gasteiger partial charge in [0.1, 0.15) is 11.6 Å². The molecular formula is C19H17F3N4O2S. The molecule has 0 saturated heterocycles. The highest BCUT2D eigenvalue weighted by Gasteiger charge is 2.14. The van der Waals surface area contributed by atoms with E-state index in [0.717, 1.165) is 17.3 Å². The second kappa shape index (κ2) is 9.46. The number of H-pyrrole nitrogens is 1. The summed E-state index contributed by atoms with van der Waals surface area (Å²) in [6, 6.07) is 12.3. The number of hydrogen-bond acceptors (Lipinski definition) is 5. The third-order valence-electron chi connectivity index (χ3n) is 3.91. The minimum atomic E-state index is -2.88. The molecule has 0 fully saturated rings. The van der Waals surface area contributed by atoms with E-state index in [2.05, 4.69) is 19.9 Å². The molecule has 0 bridgehead atoms. The number of nitrogens with zero attached hydrogens (tertiary/aromatic N) is 3. The Morgan fingerprint density at radius 1 is 1.21 bits per heavy atom. The maximum absolute atomic E-state index is 13.8. The van der Waals surface area contributed by atoms with E-state index in [1.165, 1.54) is 23.1 Å². The first-order chi connectivity index (χ1) is 13.9. The number of ether oxygens (including phenoxy) is 1. The van der Waals surface area contributed by atoms with Crippen LogP contribution in [0, 0.1) is 5.82 Å². The first-order valence-electron chi connectivity index (χ1n) is 8.50. The second-order valence-corrected chi connectivity index (χ2v) is 6.95. The molecule has 2 aromatic carbocycles. The average molecular weight is 422 g/mol. The first kappa shape index (κ1) is 20.7. The standard InChI is InChI=1S/C19H17F3N4O2S/c1-26(10-12-6-8-13(9-7-12)28-18(21)22)16(27)11-29-19-23-17(24-25-19)14-4-2-3-5-15(14)20/h2-9,18H,10-11H2,1H3,(H,23,24,25). The summed E-state index contributed by atoms with van der Waals surface area (Å²) in [4.78, 5) is 18.0. The molecule has 3 aromatic rings. The second-order valence-electron chi connectivity index (χ2n) is 6.01. The van der Waals surface area contributed by atoms with Gasteiger partial charge in [0.2, 0.25) is 11.1 Å². The lowest BCUT2D eigenvalue weighted by molar-refractivity contribution is -0.127. The fourth-order valence-corrected chi connectivity index (χ4v) is 3.20. The Hall–Kier alpha value is -3.01. The Kier molecular flexibility index (Phi) is 6.76. The fraction of sp³-hybridized carbons (Fsp3) is 0.211. The molecule has 29 heavy (non-hydrogen) atoms. The summed E-state index contributed by atoms with van der Waals surface area (Å²) in [5.41, 5.74) is 1.07. The van der Waals surface area contributed by atoms with Crippen LogP contribution in [0.2, 0.25) is 0 Å². The highest BCUT2D eigenvalue weighted by molar-refractivity contribution is 7.99. The van der Waals surface area contributed by atoms with Crippen LogP contribution in [-0.2, 0) is 11.3 Å². The molecule has 0 unspecified atom stereocenters. The highest BCUT2D eigenvalue weighted by atomic mass is 32.2. The van der Waals surface area contributed by atoms with Crippen molar-refractivity contribution in [3.8, 4) is 17.1 Å². The van der Waals surface area contributed by atoms with Gasteiger partial charge >= 0.3 is 6.61 Å². The molecule has 1 aromatic heterocycles. The molecule has 0 spiro atoms. The van der Waals surface area contributed by atoms with Crippen LogP contribution in [-0.4, -0.2) is 45.4 Å². The summed E-state index contributed by atoms with van der Waals surface area (Å²) in [5, 5.41) is 6.99. The summed E-state index contributed by atoms with van der Waals surface area (Å²) in [6.07, 6.45) is 0. The third kappa shape index (κ3) is 5.74. The van der Waals surface area contributed by atoms with Crippen LogP contribution < -0.4 is 4.74 Å². The lowest BCUT2D eigenvalue weighted by Gasteiger charge is -2.17. The smallest absolute Gasteiger partial charge is 0.387 e. The van der Waals surface area contributed by atoms with Gasteiger partial charge in [0, 0.05) is 13.6 Å². The Morgan fingerprint density at radius 2 is 1.93 bits per heavy atom. The topological polar surface area (TPSA) is 71.1 Å². The third-order valence-corrected chi connectivity index (χ3v) is 4.74. The summed E-state index contributed by atoms with van der Waals surface area (Å²) in [6.45, 7) is -2.57. The number of nitrogens with one attached hydrogen (secondary N) is 1. The number of hydrogen-bond donors (Lipinski definition) is 1. The monoisotopic (exact) mass is 422 g/mol. The number of carbonyl (C=O) groups is 1. The molecule has 0 aliphatic carbocycles. The van der Waals surface area contributed by atoms with Gasteiger partial charge in [-0.2, -0.15) is 8.78 Å². The van der Waals surface area contributed by atoms with Crippen molar-refractivity contribution in [3.05, 3.63) is 59.9 Å². The number of carbonyl (C=O) groups excluding carboxylic acids is 1. The SMILES string of the molecule is CN(Cc1ccc(OC(F)F)cc1)C(=O)CSc1n[nH]c(-c2ccccc2F)n1. The number of amides is 1. The Labute approximate surface area is 169 Å². The van der Waals surface area contributed by atoms with Crippen LogP contribution >= 0.6 is 11.8 Å². The predicted molar refractivity (Wildman–Crippen MR) is 102 cm³/mol. The van der Waals surface area contributed by atoms with E-state index in [1.807, 2.05) is 0 Å². The number of aromatic amines is 1. The van der Waals surface area contributed by atoms with Gasteiger partial charge in [0.25, 0.3) is 0 Å². The number of alkyl halides is 2. The largest absolute Gasteiger partial charge is 0.435 e. The van der Waals surface area contributed by atoms with E-state index >= 15 is 0 Å². The van der Waals surface area contributed by atoms with Crippen LogP contribution in [0.25, 0.3) is 11.4 Å². The minimum Gasteiger partial charge on any atom is -0.435 e. The first-order valence-corrected chi connectivity index (χ1v) is 9.49. The molecule has 1 heterocycles. The van der Waals surface area contributed by atoms with Crippen molar-refractivity contribution in [1.82, 2.24) is 20.1 Å². The zero-order valence-electron chi connectivity index (χ0n) is 15.3. The molecule has 0 saturated carbocycles. The van der Waals surface area contributed by atoms with Gasteiger partial charge < -0.3 is 9.64 Å². The van der Waals surface area contributed by atoms with E-state index in [1.54, 1.807) is 37.4 Å². The van der Waals surface area contributed by atoms with Crippen molar-refractivity contribution >= 4 is 17.7 Å². The van der Waals surface area contributed by atoms with Gasteiger partial charge in [-0.05, 0) is 29.8 Å². The molecule has 6 nitrogen and oxygen atoms in total. The lowest BCUT2D eigenvalue weighted by atomic mass is 10.2. The average Bonchev–Trinajstić information content (AvgIpc) is 3.16. The van der Waals surface area contributed by atoms with Crippen LogP contribution in [0.3, 0.4) is 0 Å². The van der Waals surface area contributed by atoms with Crippen LogP contribution in [0.1, 0.15) is 5.56 Å². The van der Waals surface area contributed by atoms with Crippen molar-refractivity contribution < 1.29 is 22.7 Å². The molecular weight excluding hydrogens is 405 g/mol. The van der Waals surface area contributed by atoms with Crippen molar-refractivity contribution in [3.63, 3.8) is 0 Å². The Bertz CT molecular complexity index is 966. The van der Waals surface area contributed by atoms with E-state index in [9.17, 15) is 18.0 Å². The zero-order valence-corrected chi connectivity index (χ0v) is 16.1. The highest BCUT2D eigenvalue weighted by Crippen LogP contribution is 2.22. The van der Waals surface area contributed by atoms with E-state index < -0.39 is 12.4 Å². The molecule has 3 rings (SSSR count). The van der Waals surface area contributed by atoms with Crippen LogP contribution in [0.15, 0.2) is 53.7 Å². The Morgan fingerprint density at radius 3 is 2.62 bits per heavy atom. The molecule has 1 N–H and O–H groups in total. The minimum absolute atomic E-state index is 0.0588. The van der Waals surface area contributed by atoms with Crippen molar-refractivity contribution in [2.45, 2.75) is 18.3 Å². The van der Waals surface area contributed by atoms with Gasteiger partial charge in [-0.15, -0.1) is 5.10 Å². The van der Waals surface area contributed by atoms with E-state index in [4.69, 9.17) is 0 Å². The van der Waals surface area contributed by atoms with Gasteiger partial charge in [0.05, 0.1) is 11.3 Å². The van der Waals surface area contributed by atoms with Crippen molar-refractivity contribution in [2.24, 2.45) is 0 Å². The van der Waals surface area contributed by atoms with Gasteiger partial charge in [0.15, 0.2) is 5.82 Å². The molecule has 0 atom stereocenters. The maximum atomic E-state index is 13.8. The van der Waals surface area contributed by atoms with Gasteiger partial charge in [-0.1, -0.05) is 36.0 Å². The van der Waals surface area contributed by atoms with E-state index in [-0.39, 0.29) is 23.2 Å². The number of rotatable bonds is 8. The van der Waals surface area contributed by atoms with Crippen molar-refractivity contribution in [2.75, 3.05) is 12.8 Å². The quantitative estimate of drug-likeness (QED) is 0.557. The number of thioether (sulfide) groups is 1. The molecule has 0 aliphatic heterocycles. The lowest BCUT2D eigenvalue weighted by Crippen LogP contribution is -2.27. The summed E-state index contributed by atoms with van der Waals surface area (Å²) < 4.78 is 42.4. The van der Waals surface area contributed by atoms with Gasteiger partial charge in [-0.25, -0.2) is 9.37 Å².